The van der Waals surface area contributed by atoms with E-state index in [1.54, 1.807) is 0 Å². The Morgan fingerprint density at radius 2 is 1.24 bits per heavy atom. The van der Waals surface area contributed by atoms with Crippen LogP contribution in [-0.2, 0) is 29.9 Å². The molecule has 9 nitrogen and oxygen atoms in total. The zero-order valence-corrected chi connectivity index (χ0v) is 27.1. The average Bonchev–Trinajstić information content (AvgIpc) is 2.92. The standard InChI is InChI=1S/C28H45F2N3O6S3/c1-40(34,35)32-14-5-23(6-15-32)28(24-19-25(29)21-26(30)20-24)9-13-31-11-3-22(4-12-31)10-18-42(38,39)27-7-16-33(17-8-27)41(2,36)37/h19-23,27-28H,3-18H2,1-2H3. The zero-order chi connectivity index (χ0) is 30.7. The summed E-state index contributed by atoms with van der Waals surface area (Å²) in [6, 6.07) is 3.67. The summed E-state index contributed by atoms with van der Waals surface area (Å²) in [5, 5.41) is -0.482. The van der Waals surface area contributed by atoms with Crippen LogP contribution in [0.15, 0.2) is 18.2 Å². The lowest BCUT2D eigenvalue weighted by atomic mass is 9.78. The van der Waals surface area contributed by atoms with Gasteiger partial charge in [-0.25, -0.2) is 42.6 Å². The summed E-state index contributed by atoms with van der Waals surface area (Å²) < 4.78 is 104. The van der Waals surface area contributed by atoms with Gasteiger partial charge in [-0.15, -0.1) is 0 Å². The minimum atomic E-state index is -3.30. The van der Waals surface area contributed by atoms with E-state index >= 15 is 0 Å². The molecule has 0 saturated carbocycles. The van der Waals surface area contributed by atoms with Crippen molar-refractivity contribution in [2.24, 2.45) is 11.8 Å². The molecule has 0 spiro atoms. The third kappa shape index (κ3) is 9.16. The van der Waals surface area contributed by atoms with E-state index in [9.17, 15) is 34.0 Å². The summed E-state index contributed by atoms with van der Waals surface area (Å²) in [7, 11) is -9.86. The maximum Gasteiger partial charge on any atom is 0.211 e. The van der Waals surface area contributed by atoms with Crippen molar-refractivity contribution in [1.29, 1.82) is 0 Å². The summed E-state index contributed by atoms with van der Waals surface area (Å²) in [5.41, 5.74) is 0.618. The molecule has 240 valence electrons. The monoisotopic (exact) mass is 653 g/mol. The number of sulfone groups is 1. The van der Waals surface area contributed by atoms with Gasteiger partial charge in [0, 0.05) is 32.2 Å². The molecule has 3 heterocycles. The fraction of sp³-hybridized carbons (Fsp3) is 0.786. The van der Waals surface area contributed by atoms with Gasteiger partial charge in [0.2, 0.25) is 20.0 Å². The van der Waals surface area contributed by atoms with Crippen LogP contribution in [0.3, 0.4) is 0 Å². The van der Waals surface area contributed by atoms with Gasteiger partial charge in [0.1, 0.15) is 11.6 Å². The SMILES string of the molecule is CS(=O)(=O)N1CCC(C(CCN2CCC(CCS(=O)(=O)C3CCN(S(C)(=O)=O)CC3)CC2)c2cc(F)cc(F)c2)CC1. The first kappa shape index (κ1) is 33.7. The van der Waals surface area contributed by atoms with Crippen LogP contribution in [0.1, 0.15) is 62.8 Å². The first-order valence-corrected chi connectivity index (χ1v) is 20.3. The first-order chi connectivity index (χ1) is 19.6. The normalized spacial score (nSPS) is 22.9. The maximum atomic E-state index is 14.1. The van der Waals surface area contributed by atoms with Crippen LogP contribution < -0.4 is 0 Å². The van der Waals surface area contributed by atoms with Crippen LogP contribution in [-0.4, -0.2) is 108 Å². The van der Waals surface area contributed by atoms with Crippen LogP contribution >= 0.6 is 0 Å². The Hall–Kier alpha value is -1.19. The molecular weight excluding hydrogens is 609 g/mol. The van der Waals surface area contributed by atoms with Crippen LogP contribution in [0.5, 0.6) is 0 Å². The van der Waals surface area contributed by atoms with Gasteiger partial charge in [0.15, 0.2) is 9.84 Å². The van der Waals surface area contributed by atoms with Gasteiger partial charge in [-0.1, -0.05) is 0 Å². The number of piperidine rings is 3. The number of rotatable bonds is 11. The summed E-state index contributed by atoms with van der Waals surface area (Å²) in [6.45, 7) is 3.72. The van der Waals surface area contributed by atoms with E-state index < -0.39 is 46.8 Å². The Morgan fingerprint density at radius 3 is 1.74 bits per heavy atom. The van der Waals surface area contributed by atoms with Crippen molar-refractivity contribution in [2.75, 3.05) is 64.1 Å². The van der Waals surface area contributed by atoms with E-state index in [4.69, 9.17) is 0 Å². The first-order valence-electron chi connectivity index (χ1n) is 14.9. The predicted octanol–water partition coefficient (Wildman–Crippen LogP) is 3.05. The number of likely N-dealkylation sites (tertiary alicyclic amines) is 1. The molecule has 4 rings (SSSR count). The lowest BCUT2D eigenvalue weighted by Gasteiger charge is -2.37. The van der Waals surface area contributed by atoms with Crippen molar-refractivity contribution >= 4 is 29.9 Å². The highest BCUT2D eigenvalue weighted by Crippen LogP contribution is 2.37. The summed E-state index contributed by atoms with van der Waals surface area (Å²) in [5.74, 6) is -0.757. The molecule has 0 radical (unpaired) electrons. The average molecular weight is 654 g/mol. The lowest BCUT2D eigenvalue weighted by Crippen LogP contribution is -2.42. The lowest BCUT2D eigenvalue weighted by molar-refractivity contribution is 0.164. The molecule has 1 atom stereocenters. The maximum absolute atomic E-state index is 14.1. The molecule has 0 aromatic heterocycles. The minimum Gasteiger partial charge on any atom is -0.303 e. The number of sulfonamides is 2. The summed E-state index contributed by atoms with van der Waals surface area (Å²) >= 11 is 0. The van der Waals surface area contributed by atoms with Crippen molar-refractivity contribution < 1.29 is 34.0 Å². The molecule has 14 heteroatoms. The van der Waals surface area contributed by atoms with E-state index in [0.29, 0.717) is 63.1 Å². The number of benzene rings is 1. The van der Waals surface area contributed by atoms with Crippen LogP contribution in [0.4, 0.5) is 8.78 Å². The van der Waals surface area contributed by atoms with Crippen molar-refractivity contribution in [2.45, 2.75) is 62.5 Å². The molecule has 3 saturated heterocycles. The Morgan fingerprint density at radius 1 is 0.738 bits per heavy atom. The molecule has 42 heavy (non-hydrogen) atoms. The van der Waals surface area contributed by atoms with Crippen LogP contribution in [0, 0.1) is 23.5 Å². The molecule has 1 aromatic rings. The molecule has 0 amide bonds. The van der Waals surface area contributed by atoms with Gasteiger partial charge in [0.05, 0.1) is 23.5 Å². The van der Waals surface area contributed by atoms with Gasteiger partial charge < -0.3 is 4.90 Å². The molecule has 1 unspecified atom stereocenters. The Balaban J connectivity index is 1.27. The molecular formula is C28H45F2N3O6S3. The quantitative estimate of drug-likeness (QED) is 0.361. The third-order valence-electron chi connectivity index (χ3n) is 9.50. The molecule has 3 aliphatic rings. The second kappa shape index (κ2) is 13.8. The van der Waals surface area contributed by atoms with E-state index in [2.05, 4.69) is 4.90 Å². The third-order valence-corrected chi connectivity index (χ3v) is 14.4. The van der Waals surface area contributed by atoms with Gasteiger partial charge in [-0.2, -0.15) is 0 Å². The van der Waals surface area contributed by atoms with E-state index in [-0.39, 0.29) is 30.7 Å². The number of nitrogens with zero attached hydrogens (tertiary/aromatic N) is 3. The Labute approximate surface area is 250 Å². The summed E-state index contributed by atoms with van der Waals surface area (Å²) in [6.07, 6.45) is 7.40. The molecule has 0 N–H and O–H groups in total. The van der Waals surface area contributed by atoms with Crippen molar-refractivity contribution in [3.8, 4) is 0 Å². The van der Waals surface area contributed by atoms with Crippen molar-refractivity contribution in [3.63, 3.8) is 0 Å². The van der Waals surface area contributed by atoms with Gasteiger partial charge in [0.25, 0.3) is 0 Å². The predicted molar refractivity (Wildman–Crippen MR) is 160 cm³/mol. The second-order valence-corrected chi connectivity index (χ2v) is 18.8. The number of hydrogen-bond donors (Lipinski definition) is 0. The van der Waals surface area contributed by atoms with E-state index in [1.165, 1.54) is 27.0 Å². The zero-order valence-electron chi connectivity index (χ0n) is 24.6. The molecule has 0 bridgehead atoms. The molecule has 3 fully saturated rings. The number of hydrogen-bond acceptors (Lipinski definition) is 7. The highest BCUT2D eigenvalue weighted by molar-refractivity contribution is 7.92. The van der Waals surface area contributed by atoms with Gasteiger partial charge >= 0.3 is 0 Å². The van der Waals surface area contributed by atoms with Gasteiger partial charge in [-0.05, 0) is 106 Å². The molecule has 0 aliphatic carbocycles. The minimum absolute atomic E-state index is 0.0890. The van der Waals surface area contributed by atoms with Crippen molar-refractivity contribution in [3.05, 3.63) is 35.4 Å². The highest BCUT2D eigenvalue weighted by atomic mass is 32.2. The number of halogens is 2. The topological polar surface area (TPSA) is 112 Å². The van der Waals surface area contributed by atoms with Crippen LogP contribution in [0.25, 0.3) is 0 Å². The summed E-state index contributed by atoms with van der Waals surface area (Å²) in [4.78, 5) is 2.33. The second-order valence-electron chi connectivity index (χ2n) is 12.4. The molecule has 1 aromatic carbocycles. The van der Waals surface area contributed by atoms with E-state index in [1.807, 2.05) is 0 Å². The largest absolute Gasteiger partial charge is 0.303 e. The Bertz CT molecular complexity index is 1360. The van der Waals surface area contributed by atoms with Crippen LogP contribution in [0.2, 0.25) is 0 Å². The van der Waals surface area contributed by atoms with Gasteiger partial charge in [-0.3, -0.25) is 0 Å². The molecule has 3 aliphatic heterocycles. The van der Waals surface area contributed by atoms with E-state index in [0.717, 1.165) is 44.8 Å². The smallest absolute Gasteiger partial charge is 0.211 e. The fourth-order valence-electron chi connectivity index (χ4n) is 6.91. The van der Waals surface area contributed by atoms with Crippen molar-refractivity contribution in [1.82, 2.24) is 13.5 Å². The Kier molecular flexibility index (Phi) is 11.1. The fourth-order valence-corrected chi connectivity index (χ4v) is 10.6. The highest BCUT2D eigenvalue weighted by Gasteiger charge is 2.34.